The van der Waals surface area contributed by atoms with E-state index < -0.39 is 0 Å². The van der Waals surface area contributed by atoms with Crippen LogP contribution < -0.4 is 4.74 Å². The third-order valence-electron chi connectivity index (χ3n) is 3.57. The Morgan fingerprint density at radius 1 is 1.39 bits per heavy atom. The molecule has 1 saturated heterocycles. The lowest BCUT2D eigenvalue weighted by Crippen LogP contribution is -2.03. The highest BCUT2D eigenvalue weighted by atomic mass is 79.9. The van der Waals surface area contributed by atoms with E-state index in [1.54, 1.807) is 0 Å². The Balaban J connectivity index is 2.08. The van der Waals surface area contributed by atoms with E-state index in [0.717, 1.165) is 23.1 Å². The van der Waals surface area contributed by atoms with Gasteiger partial charge in [0.05, 0.1) is 23.3 Å². The highest BCUT2D eigenvalue weighted by Gasteiger charge is 2.35. The molecule has 0 radical (unpaired) electrons. The lowest BCUT2D eigenvalue weighted by molar-refractivity contribution is 0.337. The molecule has 1 fully saturated rings. The van der Waals surface area contributed by atoms with Crippen LogP contribution >= 0.6 is 15.9 Å². The number of halogens is 1. The average molecular weight is 313 g/mol. The first-order chi connectivity index (χ1) is 8.65. The summed E-state index contributed by atoms with van der Waals surface area (Å²) < 4.78 is 12.1. The first kappa shape index (κ1) is 13.9. The number of hydrogen-bond acceptors (Lipinski definition) is 2. The summed E-state index contributed by atoms with van der Waals surface area (Å²) in [6.45, 7) is 7.08. The molecule has 0 spiro atoms. The zero-order valence-electron chi connectivity index (χ0n) is 11.3. The van der Waals surface area contributed by atoms with E-state index in [9.17, 15) is 0 Å². The van der Waals surface area contributed by atoms with Gasteiger partial charge in [0.1, 0.15) is 5.75 Å². The molecule has 1 aliphatic rings. The van der Waals surface area contributed by atoms with Crippen molar-refractivity contribution in [3.63, 3.8) is 0 Å². The number of ether oxygens (including phenoxy) is 2. The highest BCUT2D eigenvalue weighted by molar-refractivity contribution is 9.10. The van der Waals surface area contributed by atoms with Crippen LogP contribution in [0.25, 0.3) is 0 Å². The van der Waals surface area contributed by atoms with E-state index in [1.807, 2.05) is 6.92 Å². The van der Waals surface area contributed by atoms with Gasteiger partial charge < -0.3 is 9.47 Å². The molecule has 0 N–H and O–H groups in total. The number of benzene rings is 1. The maximum Gasteiger partial charge on any atom is 0.133 e. The zero-order valence-corrected chi connectivity index (χ0v) is 12.9. The molecule has 0 saturated carbocycles. The van der Waals surface area contributed by atoms with Gasteiger partial charge in [-0.15, -0.1) is 0 Å². The van der Waals surface area contributed by atoms with Crippen molar-refractivity contribution in [2.45, 2.75) is 51.7 Å². The topological polar surface area (TPSA) is 21.8 Å². The van der Waals surface area contributed by atoms with Crippen molar-refractivity contribution in [2.75, 3.05) is 6.61 Å². The molecule has 0 amide bonds. The largest absolute Gasteiger partial charge is 0.493 e. The molecule has 3 atom stereocenters. The van der Waals surface area contributed by atoms with E-state index >= 15 is 0 Å². The average Bonchev–Trinajstić information content (AvgIpc) is 3.05. The van der Waals surface area contributed by atoms with Crippen LogP contribution in [0.15, 0.2) is 22.7 Å². The first-order valence-corrected chi connectivity index (χ1v) is 7.52. The number of epoxide rings is 1. The van der Waals surface area contributed by atoms with Crippen LogP contribution in [0.1, 0.15) is 45.1 Å². The summed E-state index contributed by atoms with van der Waals surface area (Å²) in [4.78, 5) is 0. The van der Waals surface area contributed by atoms with E-state index in [4.69, 9.17) is 9.47 Å². The molecule has 1 aromatic rings. The highest BCUT2D eigenvalue weighted by Crippen LogP contribution is 2.36. The van der Waals surface area contributed by atoms with Crippen LogP contribution in [0, 0.1) is 0 Å². The number of rotatable bonds is 6. The van der Waals surface area contributed by atoms with Crippen LogP contribution in [-0.2, 0) is 4.74 Å². The second-order valence-corrected chi connectivity index (χ2v) is 5.70. The Morgan fingerprint density at radius 2 is 2.11 bits per heavy atom. The lowest BCUT2D eigenvalue weighted by atomic mass is 9.91. The van der Waals surface area contributed by atoms with Crippen LogP contribution in [0.3, 0.4) is 0 Å². The first-order valence-electron chi connectivity index (χ1n) is 6.73. The van der Waals surface area contributed by atoms with Gasteiger partial charge in [-0.3, -0.25) is 0 Å². The SMILES string of the molecule is CCOc1ccc(C(CC)CC2OC2C)cc1Br. The molecular weight excluding hydrogens is 292 g/mol. The summed E-state index contributed by atoms with van der Waals surface area (Å²) >= 11 is 3.58. The van der Waals surface area contributed by atoms with Crippen LogP contribution in [0.5, 0.6) is 5.75 Å². The predicted molar refractivity (Wildman–Crippen MR) is 77.3 cm³/mol. The molecule has 1 heterocycles. The smallest absolute Gasteiger partial charge is 0.133 e. The van der Waals surface area contributed by atoms with Crippen LogP contribution in [0.4, 0.5) is 0 Å². The fraction of sp³-hybridized carbons (Fsp3) is 0.600. The van der Waals surface area contributed by atoms with Gasteiger partial charge in [0.25, 0.3) is 0 Å². The van der Waals surface area contributed by atoms with Gasteiger partial charge in [-0.25, -0.2) is 0 Å². The van der Waals surface area contributed by atoms with Gasteiger partial charge in [-0.05, 0) is 66.2 Å². The summed E-state index contributed by atoms with van der Waals surface area (Å²) in [5.74, 6) is 1.50. The summed E-state index contributed by atoms with van der Waals surface area (Å²) in [6, 6.07) is 6.42. The molecule has 1 aliphatic heterocycles. The van der Waals surface area contributed by atoms with Gasteiger partial charge in [0, 0.05) is 0 Å². The van der Waals surface area contributed by atoms with Gasteiger partial charge in [-0.1, -0.05) is 13.0 Å². The minimum Gasteiger partial charge on any atom is -0.493 e. The molecule has 3 heteroatoms. The molecule has 3 unspecified atom stereocenters. The Morgan fingerprint density at radius 3 is 2.61 bits per heavy atom. The third-order valence-corrected chi connectivity index (χ3v) is 4.19. The summed E-state index contributed by atoms with van der Waals surface area (Å²) in [5, 5.41) is 0. The fourth-order valence-electron chi connectivity index (χ4n) is 2.34. The van der Waals surface area contributed by atoms with E-state index in [2.05, 4.69) is 48.0 Å². The molecule has 1 aromatic carbocycles. The maximum absolute atomic E-state index is 5.54. The molecule has 0 aromatic heterocycles. The maximum atomic E-state index is 5.54. The van der Waals surface area contributed by atoms with Gasteiger partial charge >= 0.3 is 0 Å². The van der Waals surface area contributed by atoms with Gasteiger partial charge in [0.2, 0.25) is 0 Å². The van der Waals surface area contributed by atoms with E-state index in [-0.39, 0.29) is 0 Å². The Hall–Kier alpha value is -0.540. The van der Waals surface area contributed by atoms with Crippen LogP contribution in [0.2, 0.25) is 0 Å². The fourth-order valence-corrected chi connectivity index (χ4v) is 2.85. The second-order valence-electron chi connectivity index (χ2n) is 4.84. The molecule has 0 aliphatic carbocycles. The Kier molecular flexibility index (Phi) is 4.68. The van der Waals surface area contributed by atoms with Crippen molar-refractivity contribution >= 4 is 15.9 Å². The normalized spacial score (nSPS) is 23.8. The molecule has 100 valence electrons. The summed E-state index contributed by atoms with van der Waals surface area (Å²) in [6.07, 6.45) is 3.18. The number of hydrogen-bond donors (Lipinski definition) is 0. The molecular formula is C15H21BrO2. The molecule has 2 nitrogen and oxygen atoms in total. The minimum atomic E-state index is 0.449. The van der Waals surface area contributed by atoms with E-state index in [0.29, 0.717) is 24.7 Å². The quantitative estimate of drug-likeness (QED) is 0.720. The van der Waals surface area contributed by atoms with Crippen molar-refractivity contribution in [1.29, 1.82) is 0 Å². The lowest BCUT2D eigenvalue weighted by Gasteiger charge is -2.16. The van der Waals surface area contributed by atoms with Crippen molar-refractivity contribution in [1.82, 2.24) is 0 Å². The zero-order chi connectivity index (χ0) is 13.1. The summed E-state index contributed by atoms with van der Waals surface area (Å²) in [5.41, 5.74) is 1.37. The monoisotopic (exact) mass is 312 g/mol. The van der Waals surface area contributed by atoms with Crippen molar-refractivity contribution in [3.8, 4) is 5.75 Å². The van der Waals surface area contributed by atoms with Crippen LogP contribution in [-0.4, -0.2) is 18.8 Å². The van der Waals surface area contributed by atoms with Gasteiger partial charge in [0.15, 0.2) is 0 Å². The second kappa shape index (κ2) is 6.07. The third kappa shape index (κ3) is 3.27. The summed E-state index contributed by atoms with van der Waals surface area (Å²) in [7, 11) is 0. The standard InChI is InChI=1S/C15H21BrO2/c1-4-11(9-15-10(3)18-15)12-6-7-14(17-5-2)13(16)8-12/h6-8,10-11,15H,4-5,9H2,1-3H3. The molecule has 18 heavy (non-hydrogen) atoms. The van der Waals surface area contributed by atoms with Crippen molar-refractivity contribution in [3.05, 3.63) is 28.2 Å². The van der Waals surface area contributed by atoms with E-state index in [1.165, 1.54) is 5.56 Å². The predicted octanol–water partition coefficient (Wildman–Crippen LogP) is 4.52. The minimum absolute atomic E-state index is 0.449. The Bertz CT molecular complexity index is 405. The Labute approximate surface area is 118 Å². The van der Waals surface area contributed by atoms with Gasteiger partial charge in [-0.2, -0.15) is 0 Å². The van der Waals surface area contributed by atoms with Crippen molar-refractivity contribution in [2.24, 2.45) is 0 Å². The van der Waals surface area contributed by atoms with Crippen molar-refractivity contribution < 1.29 is 9.47 Å². The molecule has 2 rings (SSSR count). The molecule has 0 bridgehead atoms.